The molecule has 0 aromatic rings. The van der Waals surface area contributed by atoms with E-state index < -0.39 is 0 Å². The molecule has 0 radical (unpaired) electrons. The van der Waals surface area contributed by atoms with Gasteiger partial charge >= 0.3 is 0 Å². The highest BCUT2D eigenvalue weighted by Gasteiger charge is 2.20. The van der Waals surface area contributed by atoms with Crippen LogP contribution in [0.5, 0.6) is 0 Å². The molecule has 1 aliphatic heterocycles. The summed E-state index contributed by atoms with van der Waals surface area (Å²) in [7, 11) is 1.83. The van der Waals surface area contributed by atoms with E-state index in [1.165, 1.54) is 58.3 Å². The van der Waals surface area contributed by atoms with Gasteiger partial charge in [-0.3, -0.25) is 0 Å². The van der Waals surface area contributed by atoms with Gasteiger partial charge in [-0.25, -0.2) is 0 Å². The van der Waals surface area contributed by atoms with Crippen molar-refractivity contribution in [3.63, 3.8) is 0 Å². The zero-order valence-corrected chi connectivity index (χ0v) is 11.0. The van der Waals surface area contributed by atoms with Crippen LogP contribution < -0.4 is 5.32 Å². The van der Waals surface area contributed by atoms with Gasteiger partial charge in [0.15, 0.2) is 0 Å². The van der Waals surface area contributed by atoms with E-state index in [2.05, 4.69) is 17.1 Å². The van der Waals surface area contributed by atoms with Gasteiger partial charge in [0, 0.05) is 20.2 Å². The molecule has 0 bridgehead atoms. The number of methoxy groups -OCH3 is 1. The molecular formula is C13H28N2O. The summed E-state index contributed by atoms with van der Waals surface area (Å²) in [4.78, 5) is 2.54. The monoisotopic (exact) mass is 228 g/mol. The smallest absolute Gasteiger partial charge is 0.0710 e. The van der Waals surface area contributed by atoms with Gasteiger partial charge in [-0.05, 0) is 45.3 Å². The highest BCUT2D eigenvalue weighted by Crippen LogP contribution is 2.12. The van der Waals surface area contributed by atoms with Crippen molar-refractivity contribution >= 4 is 0 Å². The summed E-state index contributed by atoms with van der Waals surface area (Å²) in [5.41, 5.74) is 0. The van der Waals surface area contributed by atoms with Crippen molar-refractivity contribution in [1.29, 1.82) is 0 Å². The molecule has 3 heteroatoms. The second-order valence-corrected chi connectivity index (χ2v) is 4.76. The standard InChI is InChI=1S/C13H28N2O/c1-3-8-14-9-5-4-6-10-15-11-7-13(12-15)16-2/h13-14H,3-12H2,1-2H3. The maximum absolute atomic E-state index is 5.36. The van der Waals surface area contributed by atoms with E-state index in [1.807, 2.05) is 7.11 Å². The van der Waals surface area contributed by atoms with Gasteiger partial charge in [-0.1, -0.05) is 13.3 Å². The zero-order chi connectivity index (χ0) is 11.6. The first-order chi connectivity index (χ1) is 7.86. The Morgan fingerprint density at radius 1 is 1.25 bits per heavy atom. The maximum atomic E-state index is 5.36. The number of nitrogens with one attached hydrogen (secondary N) is 1. The van der Waals surface area contributed by atoms with Gasteiger partial charge in [0.05, 0.1) is 6.10 Å². The predicted octanol–water partition coefficient (Wildman–Crippen LogP) is 1.88. The van der Waals surface area contributed by atoms with Gasteiger partial charge in [0.1, 0.15) is 0 Å². The lowest BCUT2D eigenvalue weighted by molar-refractivity contribution is 0.108. The van der Waals surface area contributed by atoms with E-state index in [-0.39, 0.29) is 0 Å². The molecule has 1 aliphatic rings. The number of likely N-dealkylation sites (tertiary alicyclic amines) is 1. The lowest BCUT2D eigenvalue weighted by atomic mass is 10.2. The number of hydrogen-bond donors (Lipinski definition) is 1. The van der Waals surface area contributed by atoms with Crippen molar-refractivity contribution in [2.75, 3.05) is 39.8 Å². The van der Waals surface area contributed by atoms with Gasteiger partial charge in [0.25, 0.3) is 0 Å². The molecule has 0 aromatic heterocycles. The molecule has 0 spiro atoms. The molecule has 0 aliphatic carbocycles. The van der Waals surface area contributed by atoms with Crippen LogP contribution in [0.3, 0.4) is 0 Å². The fourth-order valence-electron chi connectivity index (χ4n) is 2.26. The molecule has 1 N–H and O–H groups in total. The molecule has 1 heterocycles. The third kappa shape index (κ3) is 5.83. The van der Waals surface area contributed by atoms with E-state index >= 15 is 0 Å². The van der Waals surface area contributed by atoms with Crippen LogP contribution >= 0.6 is 0 Å². The summed E-state index contributed by atoms with van der Waals surface area (Å²) >= 11 is 0. The van der Waals surface area contributed by atoms with Crippen molar-refractivity contribution in [2.24, 2.45) is 0 Å². The van der Waals surface area contributed by atoms with Crippen LogP contribution in [0, 0.1) is 0 Å². The third-order valence-electron chi connectivity index (χ3n) is 3.32. The molecule has 1 atom stereocenters. The van der Waals surface area contributed by atoms with Gasteiger partial charge in [-0.15, -0.1) is 0 Å². The predicted molar refractivity (Wildman–Crippen MR) is 68.9 cm³/mol. The minimum atomic E-state index is 0.492. The Hall–Kier alpha value is -0.120. The number of ether oxygens (including phenoxy) is 1. The number of unbranched alkanes of at least 4 members (excludes halogenated alkanes) is 2. The van der Waals surface area contributed by atoms with Crippen molar-refractivity contribution in [3.8, 4) is 0 Å². The van der Waals surface area contributed by atoms with Gasteiger partial charge < -0.3 is 15.0 Å². The van der Waals surface area contributed by atoms with Gasteiger partial charge in [0.2, 0.25) is 0 Å². The van der Waals surface area contributed by atoms with Crippen molar-refractivity contribution in [1.82, 2.24) is 10.2 Å². The maximum Gasteiger partial charge on any atom is 0.0710 e. The Kier molecular flexibility index (Phi) is 7.81. The summed E-state index contributed by atoms with van der Waals surface area (Å²) in [6, 6.07) is 0. The molecule has 0 amide bonds. The second-order valence-electron chi connectivity index (χ2n) is 4.76. The largest absolute Gasteiger partial charge is 0.380 e. The number of nitrogens with zero attached hydrogens (tertiary/aromatic N) is 1. The molecule has 1 fully saturated rings. The average molecular weight is 228 g/mol. The fourth-order valence-corrected chi connectivity index (χ4v) is 2.26. The Balaban J connectivity index is 1.84. The molecule has 0 saturated carbocycles. The average Bonchev–Trinajstić information content (AvgIpc) is 2.76. The second kappa shape index (κ2) is 8.97. The van der Waals surface area contributed by atoms with Crippen LogP contribution in [0.1, 0.15) is 39.0 Å². The van der Waals surface area contributed by atoms with E-state index in [0.717, 1.165) is 6.54 Å². The molecule has 1 unspecified atom stereocenters. The first-order valence-corrected chi connectivity index (χ1v) is 6.82. The quantitative estimate of drug-likeness (QED) is 0.610. The molecule has 96 valence electrons. The summed E-state index contributed by atoms with van der Waals surface area (Å²) in [6.07, 6.45) is 6.96. The summed E-state index contributed by atoms with van der Waals surface area (Å²) in [6.45, 7) is 8.20. The molecule has 3 nitrogen and oxygen atoms in total. The fraction of sp³-hybridized carbons (Fsp3) is 1.00. The molecule has 16 heavy (non-hydrogen) atoms. The number of hydrogen-bond acceptors (Lipinski definition) is 3. The minimum Gasteiger partial charge on any atom is -0.380 e. The Morgan fingerprint density at radius 2 is 2.12 bits per heavy atom. The van der Waals surface area contributed by atoms with Crippen LogP contribution in [0.4, 0.5) is 0 Å². The summed E-state index contributed by atoms with van der Waals surface area (Å²) in [5, 5.41) is 3.45. The van der Waals surface area contributed by atoms with E-state index in [4.69, 9.17) is 4.74 Å². The van der Waals surface area contributed by atoms with Crippen LogP contribution in [0.15, 0.2) is 0 Å². The van der Waals surface area contributed by atoms with Crippen molar-refractivity contribution in [2.45, 2.75) is 45.1 Å². The van der Waals surface area contributed by atoms with E-state index in [1.54, 1.807) is 0 Å². The molecule has 1 rings (SSSR count). The Morgan fingerprint density at radius 3 is 2.81 bits per heavy atom. The first-order valence-electron chi connectivity index (χ1n) is 6.82. The first kappa shape index (κ1) is 13.9. The highest BCUT2D eigenvalue weighted by atomic mass is 16.5. The van der Waals surface area contributed by atoms with Gasteiger partial charge in [-0.2, -0.15) is 0 Å². The highest BCUT2D eigenvalue weighted by molar-refractivity contribution is 4.75. The lowest BCUT2D eigenvalue weighted by Gasteiger charge is -2.15. The SMILES string of the molecule is CCCNCCCCCN1CCC(OC)C1. The topological polar surface area (TPSA) is 24.5 Å². The molecule has 0 aromatic carbocycles. The normalized spacial score (nSPS) is 21.8. The van der Waals surface area contributed by atoms with Crippen LogP contribution in [0.25, 0.3) is 0 Å². The minimum absolute atomic E-state index is 0.492. The Bertz CT molecular complexity index is 164. The van der Waals surface area contributed by atoms with Crippen molar-refractivity contribution in [3.05, 3.63) is 0 Å². The summed E-state index contributed by atoms with van der Waals surface area (Å²) < 4.78 is 5.36. The Labute approximate surface area is 101 Å². The third-order valence-corrected chi connectivity index (χ3v) is 3.32. The van der Waals surface area contributed by atoms with Crippen LogP contribution in [0.2, 0.25) is 0 Å². The van der Waals surface area contributed by atoms with Crippen LogP contribution in [-0.2, 0) is 4.74 Å². The molecule has 1 saturated heterocycles. The van der Waals surface area contributed by atoms with E-state index in [9.17, 15) is 0 Å². The molecular weight excluding hydrogens is 200 g/mol. The van der Waals surface area contributed by atoms with E-state index in [0.29, 0.717) is 6.10 Å². The summed E-state index contributed by atoms with van der Waals surface area (Å²) in [5.74, 6) is 0. The number of rotatable bonds is 9. The lowest BCUT2D eigenvalue weighted by Crippen LogP contribution is -2.24. The zero-order valence-electron chi connectivity index (χ0n) is 11.0. The van der Waals surface area contributed by atoms with Crippen molar-refractivity contribution < 1.29 is 4.74 Å². The van der Waals surface area contributed by atoms with Crippen LogP contribution in [-0.4, -0.2) is 50.8 Å².